The maximum Gasteiger partial charge on any atom is 1.00 e. The van der Waals surface area contributed by atoms with E-state index in [-0.39, 0.29) is 64.1 Å². The van der Waals surface area contributed by atoms with Crippen LogP contribution in [0.5, 0.6) is 5.75 Å². The first kappa shape index (κ1) is 48.9. The molecule has 1 atom stereocenters. The Bertz CT molecular complexity index is 1020. The molecule has 1 rings (SSSR count). The summed E-state index contributed by atoms with van der Waals surface area (Å²) in [6.45, 7) is 7.33. The number of hydrogen-bond donors (Lipinski definition) is 0. The Morgan fingerprint density at radius 2 is 1.02 bits per heavy atom. The summed E-state index contributed by atoms with van der Waals surface area (Å²) in [6, 6.07) is 8.20. The Labute approximate surface area is 308 Å². The molecule has 1 aromatic carbocycles. The number of carbonyl (C=O) groups is 2. The minimum Gasteiger partial charge on any atom is -0.747 e. The van der Waals surface area contributed by atoms with Gasteiger partial charge in [-0.15, -0.1) is 0 Å². The van der Waals surface area contributed by atoms with Crippen LogP contribution in [-0.2, 0) is 64.0 Å². The molecule has 48 heavy (non-hydrogen) atoms. The van der Waals surface area contributed by atoms with E-state index in [1.807, 2.05) is 12.1 Å². The van der Waals surface area contributed by atoms with Gasteiger partial charge in [0.1, 0.15) is 29.1 Å². The predicted octanol–water partition coefficient (Wildman–Crippen LogP) is -5.87. The molecule has 1 unspecified atom stereocenters. The summed E-state index contributed by atoms with van der Waals surface area (Å²) < 4.78 is 80.8. The minimum atomic E-state index is -5.19. The van der Waals surface area contributed by atoms with Gasteiger partial charge in [-0.05, 0) is 30.5 Å². The van der Waals surface area contributed by atoms with Gasteiger partial charge >= 0.3 is 43.7 Å². The third kappa shape index (κ3) is 28.6. The number of carboxylic acid groups (broad SMARTS) is 1. The van der Waals surface area contributed by atoms with E-state index < -0.39 is 33.7 Å². The average molecular weight is 695 g/mol. The van der Waals surface area contributed by atoms with E-state index in [0.29, 0.717) is 79.3 Å². The number of rotatable bonds is 32. The summed E-state index contributed by atoms with van der Waals surface area (Å²) in [5.41, 5.74) is 1.33. The topological polar surface area (TPSA) is 197 Å². The Kier molecular flexibility index (Phi) is 33.6. The quantitative estimate of drug-likeness (QED) is 0.0299. The van der Waals surface area contributed by atoms with E-state index in [9.17, 15) is 27.7 Å². The van der Waals surface area contributed by atoms with Crippen molar-refractivity contribution in [2.75, 3.05) is 106 Å². The SMILES string of the molecule is CCCCc1ccc(OCCOCCOCCOCCOCCOCCOCCOCCOC(=O)C(CC(=O)[O-])S(=O)(=O)[O-])cc1.[Li+].[Li+]. The van der Waals surface area contributed by atoms with Crippen LogP contribution in [0, 0.1) is 0 Å². The number of unbranched alkanes of at least 4 members (excludes halogenated alkanes) is 1. The summed E-state index contributed by atoms with van der Waals surface area (Å²) in [7, 11) is -5.19. The van der Waals surface area contributed by atoms with Crippen molar-refractivity contribution in [1.29, 1.82) is 0 Å². The van der Waals surface area contributed by atoms with Crippen LogP contribution in [0.1, 0.15) is 31.7 Å². The fraction of sp³-hybridized carbons (Fsp3) is 0.733. The van der Waals surface area contributed by atoms with Gasteiger partial charge in [-0.2, -0.15) is 0 Å². The number of ether oxygens (including phenoxy) is 9. The molecule has 18 heteroatoms. The number of aryl methyl sites for hydroxylation is 1. The van der Waals surface area contributed by atoms with E-state index in [1.54, 1.807) is 0 Å². The van der Waals surface area contributed by atoms with Crippen LogP contribution in [0.15, 0.2) is 24.3 Å². The van der Waals surface area contributed by atoms with Gasteiger partial charge in [-0.25, -0.2) is 8.42 Å². The zero-order valence-corrected chi connectivity index (χ0v) is 29.4. The van der Waals surface area contributed by atoms with Crippen molar-refractivity contribution in [3.8, 4) is 5.75 Å². The Balaban J connectivity index is 0. The molecular weight excluding hydrogens is 646 g/mol. The molecule has 0 aliphatic carbocycles. The maximum absolute atomic E-state index is 11.6. The van der Waals surface area contributed by atoms with Crippen molar-refractivity contribution in [1.82, 2.24) is 0 Å². The smallest absolute Gasteiger partial charge is 0.747 e. The molecular formula is C30H48Li2O15S. The monoisotopic (exact) mass is 694 g/mol. The van der Waals surface area contributed by atoms with Crippen molar-refractivity contribution in [3.05, 3.63) is 29.8 Å². The molecule has 0 saturated heterocycles. The van der Waals surface area contributed by atoms with E-state index in [0.717, 1.165) is 12.2 Å². The molecule has 0 saturated carbocycles. The fourth-order valence-corrected chi connectivity index (χ4v) is 4.17. The molecule has 0 N–H and O–H groups in total. The number of carboxylic acids is 1. The van der Waals surface area contributed by atoms with Crippen LogP contribution < -0.4 is 47.6 Å². The van der Waals surface area contributed by atoms with Crippen molar-refractivity contribution >= 4 is 22.1 Å². The predicted molar refractivity (Wildman–Crippen MR) is 160 cm³/mol. The average Bonchev–Trinajstić information content (AvgIpc) is 3.02. The first-order valence-electron chi connectivity index (χ1n) is 15.3. The summed E-state index contributed by atoms with van der Waals surface area (Å²) in [5.74, 6) is -2.48. The number of benzene rings is 1. The second-order valence-electron chi connectivity index (χ2n) is 9.61. The first-order chi connectivity index (χ1) is 22.2. The zero-order chi connectivity index (χ0) is 33.7. The van der Waals surface area contributed by atoms with Gasteiger partial charge in [0, 0.05) is 12.4 Å². The molecule has 0 amide bonds. The molecule has 0 radical (unpaired) electrons. The van der Waals surface area contributed by atoms with E-state index in [4.69, 9.17) is 37.9 Å². The number of hydrogen-bond acceptors (Lipinski definition) is 15. The van der Waals surface area contributed by atoms with Crippen molar-refractivity contribution in [2.24, 2.45) is 0 Å². The van der Waals surface area contributed by atoms with Gasteiger partial charge in [-0.3, -0.25) is 4.79 Å². The van der Waals surface area contributed by atoms with E-state index in [2.05, 4.69) is 23.8 Å². The molecule has 1 aromatic rings. The van der Waals surface area contributed by atoms with Gasteiger partial charge in [0.15, 0.2) is 5.25 Å². The van der Waals surface area contributed by atoms with Crippen molar-refractivity contribution < 1.29 is 108 Å². The van der Waals surface area contributed by atoms with E-state index in [1.165, 1.54) is 18.4 Å². The molecule has 0 fully saturated rings. The van der Waals surface area contributed by atoms with Gasteiger partial charge in [-0.1, -0.05) is 25.5 Å². The van der Waals surface area contributed by atoms with E-state index >= 15 is 0 Å². The summed E-state index contributed by atoms with van der Waals surface area (Å²) >= 11 is 0. The van der Waals surface area contributed by atoms with Gasteiger partial charge in [0.05, 0.1) is 92.5 Å². The van der Waals surface area contributed by atoms with Crippen LogP contribution in [0.3, 0.4) is 0 Å². The third-order valence-electron chi connectivity index (χ3n) is 5.91. The standard InChI is InChI=1S/C30H50O15S.2Li/c1-2-3-4-26-5-7-27(8-6-26)44-23-21-42-19-17-40-15-13-38-11-9-37-10-12-39-14-16-41-18-20-43-22-24-45-30(33)28(25-29(31)32)46(34,35)36;;/h5-8,28H,2-4,9-25H2,1H3,(H,31,32)(H,34,35,36);;/q;2*+1/p-2. The maximum atomic E-state index is 11.6. The van der Waals surface area contributed by atoms with Gasteiger partial charge in [0.25, 0.3) is 0 Å². The zero-order valence-electron chi connectivity index (χ0n) is 28.6. The first-order valence-corrected chi connectivity index (χ1v) is 16.8. The van der Waals surface area contributed by atoms with Crippen molar-refractivity contribution in [2.45, 2.75) is 37.9 Å². The Morgan fingerprint density at radius 1 is 0.646 bits per heavy atom. The molecule has 266 valence electrons. The van der Waals surface area contributed by atoms with Crippen LogP contribution in [-0.4, -0.2) is 136 Å². The number of carbonyl (C=O) groups excluding carboxylic acids is 2. The summed E-state index contributed by atoms with van der Waals surface area (Å²) in [4.78, 5) is 22.1. The normalized spacial score (nSPS) is 11.7. The van der Waals surface area contributed by atoms with Gasteiger partial charge < -0.3 is 57.1 Å². The summed E-state index contributed by atoms with van der Waals surface area (Å²) in [6.07, 6.45) is 2.20. The molecule has 0 spiro atoms. The van der Waals surface area contributed by atoms with Crippen LogP contribution >= 0.6 is 0 Å². The largest absolute Gasteiger partial charge is 1.00 e. The third-order valence-corrected chi connectivity index (χ3v) is 6.96. The minimum absolute atomic E-state index is 0. The van der Waals surface area contributed by atoms with Gasteiger partial charge in [0.2, 0.25) is 0 Å². The van der Waals surface area contributed by atoms with Crippen molar-refractivity contribution in [3.63, 3.8) is 0 Å². The second kappa shape index (κ2) is 33.0. The molecule has 0 aliphatic rings. The summed E-state index contributed by atoms with van der Waals surface area (Å²) in [5, 5.41) is 8.14. The Hall–Kier alpha value is -1.22. The number of aliphatic carboxylic acids is 1. The number of esters is 1. The molecule has 0 aromatic heterocycles. The second-order valence-corrected chi connectivity index (χ2v) is 11.2. The van der Waals surface area contributed by atoms with Crippen LogP contribution in [0.25, 0.3) is 0 Å². The van der Waals surface area contributed by atoms with Crippen LogP contribution in [0.4, 0.5) is 0 Å². The fourth-order valence-electron chi connectivity index (χ4n) is 3.52. The molecule has 0 heterocycles. The van der Waals surface area contributed by atoms with Crippen LogP contribution in [0.2, 0.25) is 0 Å². The molecule has 15 nitrogen and oxygen atoms in total. The Morgan fingerprint density at radius 3 is 1.38 bits per heavy atom. The molecule has 0 bridgehead atoms. The molecule has 0 aliphatic heterocycles.